The van der Waals surface area contributed by atoms with Gasteiger partial charge in [-0.15, -0.1) is 0 Å². The van der Waals surface area contributed by atoms with Gasteiger partial charge in [-0.3, -0.25) is 14.4 Å². The smallest absolute Gasteiger partial charge is 0.272 e. The average molecular weight is 555 g/mol. The molecule has 1 aliphatic rings. The lowest BCUT2D eigenvalue weighted by Crippen LogP contribution is -2.24. The van der Waals surface area contributed by atoms with Gasteiger partial charge in [-0.2, -0.15) is 0 Å². The van der Waals surface area contributed by atoms with E-state index in [1.165, 1.54) is 25.8 Å². The van der Waals surface area contributed by atoms with Crippen LogP contribution in [0.1, 0.15) is 68.4 Å². The highest BCUT2D eigenvalue weighted by Gasteiger charge is 2.34. The van der Waals surface area contributed by atoms with E-state index in [2.05, 4.69) is 22.9 Å². The molecule has 0 atom stereocenters. The van der Waals surface area contributed by atoms with Gasteiger partial charge >= 0.3 is 0 Å². The first-order chi connectivity index (χ1) is 19.7. The number of amides is 3. The average Bonchev–Trinajstić information content (AvgIpc) is 3.55. The van der Waals surface area contributed by atoms with E-state index < -0.39 is 0 Å². The predicted octanol–water partition coefficient (Wildman–Crippen LogP) is 7.34. The molecule has 3 aromatic carbocycles. The SMILES string of the molecule is CCC1(CC(=O)Nc2ccc3c(c2)cc(C(=O)Nc2ccc(NC(C)=O)cc2)n3Cc2ccccc2F)CCCC1. The largest absolute Gasteiger partial charge is 0.332 e. The minimum atomic E-state index is -0.360. The van der Waals surface area contributed by atoms with Crippen LogP contribution in [0.2, 0.25) is 0 Å². The Morgan fingerprint density at radius 1 is 0.854 bits per heavy atom. The molecule has 4 aromatic rings. The van der Waals surface area contributed by atoms with Crippen LogP contribution in [0, 0.1) is 11.2 Å². The molecule has 0 unspecified atom stereocenters. The molecule has 3 amide bonds. The van der Waals surface area contributed by atoms with E-state index in [0.29, 0.717) is 34.7 Å². The van der Waals surface area contributed by atoms with Crippen molar-refractivity contribution in [3.63, 3.8) is 0 Å². The number of halogens is 1. The van der Waals surface area contributed by atoms with Crippen LogP contribution in [-0.4, -0.2) is 22.3 Å². The number of carbonyl (C=O) groups excluding carboxylic acids is 3. The Hall–Kier alpha value is -4.46. The molecule has 8 heteroatoms. The number of hydrogen-bond donors (Lipinski definition) is 3. The summed E-state index contributed by atoms with van der Waals surface area (Å²) in [6, 6.07) is 20.6. The maximum atomic E-state index is 14.6. The third kappa shape index (κ3) is 6.48. The van der Waals surface area contributed by atoms with Crippen LogP contribution < -0.4 is 16.0 Å². The molecule has 0 saturated heterocycles. The van der Waals surface area contributed by atoms with E-state index in [1.54, 1.807) is 53.1 Å². The van der Waals surface area contributed by atoms with Crippen molar-refractivity contribution in [2.45, 2.75) is 58.9 Å². The van der Waals surface area contributed by atoms with Crippen LogP contribution in [-0.2, 0) is 16.1 Å². The molecule has 0 radical (unpaired) electrons. The molecule has 7 nitrogen and oxygen atoms in total. The van der Waals surface area contributed by atoms with Gasteiger partial charge in [0.25, 0.3) is 5.91 Å². The summed E-state index contributed by atoms with van der Waals surface area (Å²) in [7, 11) is 0. The van der Waals surface area contributed by atoms with Gasteiger partial charge in [0.05, 0.1) is 6.54 Å². The quantitative estimate of drug-likeness (QED) is 0.202. The second kappa shape index (κ2) is 12.0. The highest BCUT2D eigenvalue weighted by Crippen LogP contribution is 2.44. The third-order valence-corrected chi connectivity index (χ3v) is 8.12. The van der Waals surface area contributed by atoms with Crippen molar-refractivity contribution in [1.82, 2.24) is 4.57 Å². The molecular weight excluding hydrogens is 519 g/mol. The monoisotopic (exact) mass is 554 g/mol. The minimum absolute atomic E-state index is 0.000402. The maximum Gasteiger partial charge on any atom is 0.272 e. The van der Waals surface area contributed by atoms with Gasteiger partial charge < -0.3 is 20.5 Å². The number of nitrogens with one attached hydrogen (secondary N) is 3. The molecule has 1 aromatic heterocycles. The van der Waals surface area contributed by atoms with Crippen LogP contribution in [0.3, 0.4) is 0 Å². The van der Waals surface area contributed by atoms with Crippen molar-refractivity contribution in [1.29, 1.82) is 0 Å². The first-order valence-electron chi connectivity index (χ1n) is 14.1. The molecule has 3 N–H and O–H groups in total. The van der Waals surface area contributed by atoms with E-state index in [1.807, 2.05) is 18.2 Å². The van der Waals surface area contributed by atoms with E-state index in [9.17, 15) is 18.8 Å². The number of rotatable bonds is 9. The second-order valence-corrected chi connectivity index (χ2v) is 11.0. The second-order valence-electron chi connectivity index (χ2n) is 11.0. The summed E-state index contributed by atoms with van der Waals surface area (Å²) >= 11 is 0. The van der Waals surface area contributed by atoms with Gasteiger partial charge in [0.2, 0.25) is 11.8 Å². The summed E-state index contributed by atoms with van der Waals surface area (Å²) in [5, 5.41) is 9.42. The van der Waals surface area contributed by atoms with E-state index in [0.717, 1.165) is 30.2 Å². The van der Waals surface area contributed by atoms with Crippen LogP contribution in [0.5, 0.6) is 0 Å². The Labute approximate surface area is 239 Å². The summed E-state index contributed by atoms with van der Waals surface area (Å²) in [5.41, 5.74) is 3.48. The molecule has 0 bridgehead atoms. The minimum Gasteiger partial charge on any atom is -0.332 e. The fourth-order valence-corrected chi connectivity index (χ4v) is 5.87. The molecule has 41 heavy (non-hydrogen) atoms. The first-order valence-corrected chi connectivity index (χ1v) is 14.1. The van der Waals surface area contributed by atoms with Crippen molar-refractivity contribution in [2.24, 2.45) is 5.41 Å². The van der Waals surface area contributed by atoms with Crippen molar-refractivity contribution in [2.75, 3.05) is 16.0 Å². The van der Waals surface area contributed by atoms with Crippen LogP contribution >= 0.6 is 0 Å². The Morgan fingerprint density at radius 2 is 1.51 bits per heavy atom. The normalized spacial score (nSPS) is 14.1. The topological polar surface area (TPSA) is 92.2 Å². The van der Waals surface area contributed by atoms with Crippen LogP contribution in [0.4, 0.5) is 21.5 Å². The van der Waals surface area contributed by atoms with Crippen molar-refractivity contribution in [3.8, 4) is 0 Å². The summed E-state index contributed by atoms with van der Waals surface area (Å²) in [6.07, 6.45) is 6.02. The van der Waals surface area contributed by atoms with Gasteiger partial charge in [-0.25, -0.2) is 4.39 Å². The van der Waals surface area contributed by atoms with Crippen LogP contribution in [0.25, 0.3) is 10.9 Å². The molecule has 1 aliphatic carbocycles. The molecule has 0 spiro atoms. The summed E-state index contributed by atoms with van der Waals surface area (Å²) in [6.45, 7) is 3.75. The number of aromatic nitrogens is 1. The lowest BCUT2D eigenvalue weighted by atomic mass is 9.80. The zero-order valence-corrected chi connectivity index (χ0v) is 23.4. The highest BCUT2D eigenvalue weighted by molar-refractivity contribution is 6.07. The number of nitrogens with zero attached hydrogens (tertiary/aromatic N) is 1. The number of carbonyl (C=O) groups is 3. The number of hydrogen-bond acceptors (Lipinski definition) is 3. The van der Waals surface area contributed by atoms with Gasteiger partial charge in [0.15, 0.2) is 0 Å². The molecule has 1 heterocycles. The van der Waals surface area contributed by atoms with Gasteiger partial charge in [0.1, 0.15) is 11.5 Å². The standard InChI is InChI=1S/C33H35FN4O3/c1-3-33(16-6-7-17-33)20-31(40)36-27-14-15-29-24(18-27)19-30(38(29)21-23-8-4-5-9-28(23)34)32(41)37-26-12-10-25(11-13-26)35-22(2)39/h4-5,8-15,18-19H,3,6-7,16-17,20-21H2,1-2H3,(H,35,39)(H,36,40)(H,37,41). The van der Waals surface area contributed by atoms with Gasteiger partial charge in [0, 0.05) is 46.9 Å². The Bertz CT molecular complexity index is 1590. The van der Waals surface area contributed by atoms with E-state index in [4.69, 9.17) is 0 Å². The number of fused-ring (bicyclic) bond motifs is 1. The lowest BCUT2D eigenvalue weighted by Gasteiger charge is -2.26. The predicted molar refractivity (Wildman–Crippen MR) is 161 cm³/mol. The summed E-state index contributed by atoms with van der Waals surface area (Å²) in [4.78, 5) is 37.8. The summed E-state index contributed by atoms with van der Waals surface area (Å²) < 4.78 is 16.4. The first kappa shape index (κ1) is 28.1. The number of benzene rings is 3. The van der Waals surface area contributed by atoms with E-state index >= 15 is 0 Å². The van der Waals surface area contributed by atoms with Crippen LogP contribution in [0.15, 0.2) is 72.8 Å². The van der Waals surface area contributed by atoms with Crippen molar-refractivity contribution < 1.29 is 18.8 Å². The van der Waals surface area contributed by atoms with Gasteiger partial charge in [-0.1, -0.05) is 38.0 Å². The number of anilines is 3. The van der Waals surface area contributed by atoms with Crippen molar-refractivity contribution in [3.05, 3.63) is 89.9 Å². The lowest BCUT2D eigenvalue weighted by molar-refractivity contribution is -0.118. The fraction of sp³-hybridized carbons (Fsp3) is 0.303. The fourth-order valence-electron chi connectivity index (χ4n) is 5.87. The zero-order chi connectivity index (χ0) is 29.0. The molecule has 1 fully saturated rings. The third-order valence-electron chi connectivity index (χ3n) is 8.12. The maximum absolute atomic E-state index is 14.6. The Kier molecular flexibility index (Phi) is 8.19. The highest BCUT2D eigenvalue weighted by atomic mass is 19.1. The molecule has 5 rings (SSSR count). The zero-order valence-electron chi connectivity index (χ0n) is 23.4. The Balaban J connectivity index is 1.43. The van der Waals surface area contributed by atoms with E-state index in [-0.39, 0.29) is 35.5 Å². The Morgan fingerprint density at radius 3 is 2.17 bits per heavy atom. The molecule has 0 aliphatic heterocycles. The van der Waals surface area contributed by atoms with Crippen molar-refractivity contribution >= 4 is 45.7 Å². The molecular formula is C33H35FN4O3. The summed E-state index contributed by atoms with van der Waals surface area (Å²) in [5.74, 6) is -0.894. The molecule has 1 saturated carbocycles. The van der Waals surface area contributed by atoms with Gasteiger partial charge in [-0.05, 0) is 79.3 Å². The molecule has 212 valence electrons.